The van der Waals surface area contributed by atoms with E-state index in [0.29, 0.717) is 35.7 Å². The van der Waals surface area contributed by atoms with Crippen LogP contribution in [-0.4, -0.2) is 23.4 Å². The fourth-order valence-electron chi connectivity index (χ4n) is 3.43. The normalized spacial score (nSPS) is 18.2. The van der Waals surface area contributed by atoms with Gasteiger partial charge in [0.05, 0.1) is 12.6 Å². The molecule has 3 aromatic rings. The minimum atomic E-state index is -0.714. The summed E-state index contributed by atoms with van der Waals surface area (Å²) in [4.78, 5) is 29.2. The number of carbonyl (C=O) groups excluding carboxylic acids is 2. The van der Waals surface area contributed by atoms with Gasteiger partial charge in [0, 0.05) is 23.6 Å². The summed E-state index contributed by atoms with van der Waals surface area (Å²) in [6.45, 7) is 0.496. The number of para-hydroxylation sites is 1. The Hall–Kier alpha value is -3.35. The molecule has 0 spiro atoms. The summed E-state index contributed by atoms with van der Waals surface area (Å²) < 4.78 is 11.3. The molecule has 7 heteroatoms. The lowest BCUT2D eigenvalue weighted by atomic mass is 10.0. The predicted octanol–water partition coefficient (Wildman–Crippen LogP) is 3.28. The molecule has 142 valence electrons. The lowest BCUT2D eigenvalue weighted by Crippen LogP contribution is -2.39. The number of fused-ring (bicyclic) bond motifs is 2. The van der Waals surface area contributed by atoms with Crippen LogP contribution in [0.5, 0.6) is 5.75 Å². The molecule has 0 radical (unpaired) electrons. The first-order chi connectivity index (χ1) is 13.7. The number of anilines is 1. The van der Waals surface area contributed by atoms with Crippen LogP contribution in [0.4, 0.5) is 5.69 Å². The topological polar surface area (TPSA) is 93.5 Å². The second kappa shape index (κ2) is 6.67. The van der Waals surface area contributed by atoms with Crippen LogP contribution in [0, 0.1) is 0 Å². The first kappa shape index (κ1) is 16.8. The minimum absolute atomic E-state index is 0.248. The van der Waals surface area contributed by atoms with E-state index in [2.05, 4.69) is 15.6 Å². The van der Waals surface area contributed by atoms with E-state index in [4.69, 9.17) is 9.15 Å². The molecule has 1 aliphatic carbocycles. The van der Waals surface area contributed by atoms with E-state index in [-0.39, 0.29) is 6.04 Å². The van der Waals surface area contributed by atoms with Gasteiger partial charge >= 0.3 is 11.8 Å². The summed E-state index contributed by atoms with van der Waals surface area (Å²) in [5.74, 6) is 0.505. The van der Waals surface area contributed by atoms with Crippen molar-refractivity contribution in [3.63, 3.8) is 0 Å². The van der Waals surface area contributed by atoms with Crippen LogP contribution in [0.2, 0.25) is 0 Å². The fraction of sp³-hybridized carbons (Fsp3) is 0.286. The van der Waals surface area contributed by atoms with Gasteiger partial charge < -0.3 is 19.8 Å². The van der Waals surface area contributed by atoms with E-state index in [0.717, 1.165) is 30.0 Å². The highest BCUT2D eigenvalue weighted by Gasteiger charge is 2.29. The van der Waals surface area contributed by atoms with Crippen molar-refractivity contribution in [1.29, 1.82) is 0 Å². The summed E-state index contributed by atoms with van der Waals surface area (Å²) in [7, 11) is 0. The molecule has 1 aliphatic heterocycles. The van der Waals surface area contributed by atoms with Gasteiger partial charge in [-0.3, -0.25) is 9.59 Å². The van der Waals surface area contributed by atoms with Crippen LogP contribution in [0.3, 0.4) is 0 Å². The first-order valence-electron chi connectivity index (χ1n) is 9.41. The Balaban J connectivity index is 1.27. The maximum absolute atomic E-state index is 12.4. The lowest BCUT2D eigenvalue weighted by molar-refractivity contribution is -0.136. The number of amides is 2. The number of hydrogen-bond acceptors (Lipinski definition) is 5. The average molecular weight is 377 g/mol. The Morgan fingerprint density at radius 3 is 2.75 bits per heavy atom. The van der Waals surface area contributed by atoms with Gasteiger partial charge in [-0.15, -0.1) is 0 Å². The Bertz CT molecular complexity index is 1070. The fourth-order valence-corrected chi connectivity index (χ4v) is 3.43. The maximum atomic E-state index is 12.4. The van der Waals surface area contributed by atoms with Gasteiger partial charge in [0.25, 0.3) is 0 Å². The highest BCUT2D eigenvalue weighted by atomic mass is 16.5. The third-order valence-electron chi connectivity index (χ3n) is 5.06. The van der Waals surface area contributed by atoms with Crippen LogP contribution < -0.4 is 15.4 Å². The summed E-state index contributed by atoms with van der Waals surface area (Å²) in [6, 6.07) is 12.5. The molecular formula is C21H19N3O4. The number of benzene rings is 2. The van der Waals surface area contributed by atoms with Crippen LogP contribution in [0.1, 0.15) is 42.7 Å². The SMILES string of the molecule is O=C(Nc1ccc2oc(C3CC3)nc2c1)C(=O)NC1CCOc2ccccc21. The van der Waals surface area contributed by atoms with E-state index >= 15 is 0 Å². The monoisotopic (exact) mass is 377 g/mol. The van der Waals surface area contributed by atoms with Crippen molar-refractivity contribution >= 4 is 28.6 Å². The molecule has 1 fully saturated rings. The first-order valence-corrected chi connectivity index (χ1v) is 9.41. The van der Waals surface area contributed by atoms with E-state index in [1.165, 1.54) is 0 Å². The number of aromatic nitrogens is 1. The van der Waals surface area contributed by atoms with Crippen molar-refractivity contribution in [3.05, 3.63) is 53.9 Å². The molecule has 2 heterocycles. The van der Waals surface area contributed by atoms with Gasteiger partial charge in [0.2, 0.25) is 0 Å². The largest absolute Gasteiger partial charge is 0.493 e. The third kappa shape index (κ3) is 3.19. The molecule has 5 rings (SSSR count). The van der Waals surface area contributed by atoms with Crippen molar-refractivity contribution in [2.45, 2.75) is 31.2 Å². The van der Waals surface area contributed by atoms with Crippen LogP contribution in [-0.2, 0) is 9.59 Å². The molecule has 2 N–H and O–H groups in total. The molecule has 0 bridgehead atoms. The highest BCUT2D eigenvalue weighted by Crippen LogP contribution is 2.40. The quantitative estimate of drug-likeness (QED) is 0.683. The van der Waals surface area contributed by atoms with Gasteiger partial charge in [-0.1, -0.05) is 18.2 Å². The number of nitrogens with zero attached hydrogens (tertiary/aromatic N) is 1. The molecule has 2 amide bonds. The average Bonchev–Trinajstić information content (AvgIpc) is 3.47. The molecule has 2 aliphatic rings. The van der Waals surface area contributed by atoms with Gasteiger partial charge in [0.15, 0.2) is 11.5 Å². The molecule has 1 saturated carbocycles. The zero-order valence-electron chi connectivity index (χ0n) is 15.1. The number of carbonyl (C=O) groups is 2. The molecular weight excluding hydrogens is 358 g/mol. The molecule has 2 aromatic carbocycles. The Labute approximate surface area is 161 Å². The highest BCUT2D eigenvalue weighted by molar-refractivity contribution is 6.39. The standard InChI is InChI=1S/C21H19N3O4/c25-19(20(26)23-15-9-10-27-17-4-2-1-3-14(15)17)22-13-7-8-18-16(11-13)24-21(28-18)12-5-6-12/h1-4,7-8,11-12,15H,5-6,9-10H2,(H,22,25)(H,23,26). The Morgan fingerprint density at radius 1 is 1.04 bits per heavy atom. The van der Waals surface area contributed by atoms with E-state index < -0.39 is 11.8 Å². The number of hydrogen-bond donors (Lipinski definition) is 2. The molecule has 1 atom stereocenters. The van der Waals surface area contributed by atoms with Crippen LogP contribution in [0.15, 0.2) is 46.9 Å². The van der Waals surface area contributed by atoms with Crippen molar-refractivity contribution in [2.24, 2.45) is 0 Å². The van der Waals surface area contributed by atoms with E-state index in [9.17, 15) is 9.59 Å². The predicted molar refractivity (Wildman–Crippen MR) is 102 cm³/mol. The van der Waals surface area contributed by atoms with Crippen molar-refractivity contribution in [2.75, 3.05) is 11.9 Å². The molecule has 28 heavy (non-hydrogen) atoms. The smallest absolute Gasteiger partial charge is 0.313 e. The van der Waals surface area contributed by atoms with Crippen LogP contribution >= 0.6 is 0 Å². The second-order valence-corrected chi connectivity index (χ2v) is 7.16. The summed E-state index contributed by atoms with van der Waals surface area (Å²) in [6.07, 6.45) is 2.82. The number of rotatable bonds is 3. The number of nitrogens with one attached hydrogen (secondary N) is 2. The lowest BCUT2D eigenvalue weighted by Gasteiger charge is -2.26. The maximum Gasteiger partial charge on any atom is 0.313 e. The van der Waals surface area contributed by atoms with Crippen molar-refractivity contribution in [1.82, 2.24) is 10.3 Å². The Morgan fingerprint density at radius 2 is 1.89 bits per heavy atom. The minimum Gasteiger partial charge on any atom is -0.493 e. The van der Waals surface area contributed by atoms with Crippen molar-refractivity contribution in [3.8, 4) is 5.75 Å². The molecule has 0 saturated heterocycles. The third-order valence-corrected chi connectivity index (χ3v) is 5.06. The zero-order chi connectivity index (χ0) is 19.1. The number of oxazole rings is 1. The molecule has 1 aromatic heterocycles. The van der Waals surface area contributed by atoms with Gasteiger partial charge in [-0.05, 0) is 37.1 Å². The van der Waals surface area contributed by atoms with Gasteiger partial charge in [-0.25, -0.2) is 4.98 Å². The summed E-state index contributed by atoms with van der Waals surface area (Å²) >= 11 is 0. The van der Waals surface area contributed by atoms with E-state index in [1.807, 2.05) is 24.3 Å². The second-order valence-electron chi connectivity index (χ2n) is 7.16. The summed E-state index contributed by atoms with van der Waals surface area (Å²) in [5, 5.41) is 5.43. The summed E-state index contributed by atoms with van der Waals surface area (Å²) in [5.41, 5.74) is 2.75. The molecule has 7 nitrogen and oxygen atoms in total. The van der Waals surface area contributed by atoms with Crippen LogP contribution in [0.25, 0.3) is 11.1 Å². The van der Waals surface area contributed by atoms with E-state index in [1.54, 1.807) is 18.2 Å². The van der Waals surface area contributed by atoms with Crippen molar-refractivity contribution < 1.29 is 18.7 Å². The van der Waals surface area contributed by atoms with Gasteiger partial charge in [0.1, 0.15) is 11.3 Å². The Kier molecular flexibility index (Phi) is 4.00. The number of ether oxygens (including phenoxy) is 1. The zero-order valence-corrected chi connectivity index (χ0v) is 15.1. The van der Waals surface area contributed by atoms with Gasteiger partial charge in [-0.2, -0.15) is 0 Å². The molecule has 1 unspecified atom stereocenters.